The van der Waals surface area contributed by atoms with E-state index in [4.69, 9.17) is 0 Å². The zero-order chi connectivity index (χ0) is 14.7. The molecule has 0 fully saturated rings. The molecule has 110 valence electrons. The highest BCUT2D eigenvalue weighted by Crippen LogP contribution is 2.03. The van der Waals surface area contributed by atoms with E-state index in [-0.39, 0.29) is 30.1 Å². The fraction of sp³-hybridized carbons (Fsp3) is 0.786. The molecule has 2 N–H and O–H groups in total. The molecule has 0 heterocycles. The van der Waals surface area contributed by atoms with Crippen LogP contribution in [0.25, 0.3) is 0 Å². The summed E-state index contributed by atoms with van der Waals surface area (Å²) in [5.41, 5.74) is 0. The van der Waals surface area contributed by atoms with E-state index >= 15 is 0 Å². The molecule has 0 aromatic carbocycles. The van der Waals surface area contributed by atoms with Crippen molar-refractivity contribution in [2.75, 3.05) is 6.54 Å². The fourth-order valence-electron chi connectivity index (χ4n) is 1.73. The first-order chi connectivity index (χ1) is 9.04. The Morgan fingerprint density at radius 2 is 1.63 bits per heavy atom. The molecule has 0 saturated carbocycles. The first kappa shape index (κ1) is 17.6. The molecule has 1 unspecified atom stereocenters. The van der Waals surface area contributed by atoms with Crippen LogP contribution in [0.15, 0.2) is 0 Å². The highest BCUT2D eigenvalue weighted by atomic mass is 16.2. The van der Waals surface area contributed by atoms with Crippen molar-refractivity contribution >= 4 is 17.6 Å². The minimum absolute atomic E-state index is 0.0695. The van der Waals surface area contributed by atoms with Gasteiger partial charge in [-0.2, -0.15) is 0 Å². The van der Waals surface area contributed by atoms with Gasteiger partial charge in [0.25, 0.3) is 0 Å². The molecular weight excluding hydrogens is 244 g/mol. The molecule has 0 rings (SSSR count). The minimum Gasteiger partial charge on any atom is -0.356 e. The Morgan fingerprint density at radius 1 is 0.947 bits per heavy atom. The van der Waals surface area contributed by atoms with Crippen molar-refractivity contribution in [2.24, 2.45) is 0 Å². The maximum Gasteiger partial charge on any atom is 0.222 e. The third-order valence-corrected chi connectivity index (χ3v) is 2.79. The smallest absolute Gasteiger partial charge is 0.222 e. The van der Waals surface area contributed by atoms with Crippen LogP contribution in [0.4, 0.5) is 0 Å². The first-order valence-corrected chi connectivity index (χ1v) is 7.13. The number of amides is 2. The first-order valence-electron chi connectivity index (χ1n) is 7.13. The summed E-state index contributed by atoms with van der Waals surface area (Å²) in [6, 6.07) is -0.376. The van der Waals surface area contributed by atoms with E-state index in [1.165, 1.54) is 0 Å². The van der Waals surface area contributed by atoms with Crippen LogP contribution in [-0.4, -0.2) is 30.2 Å². The van der Waals surface area contributed by atoms with Crippen molar-refractivity contribution in [3.63, 3.8) is 0 Å². The Morgan fingerprint density at radius 3 is 2.16 bits per heavy atom. The van der Waals surface area contributed by atoms with Crippen molar-refractivity contribution in [2.45, 2.75) is 65.3 Å². The van der Waals surface area contributed by atoms with Gasteiger partial charge in [-0.25, -0.2) is 0 Å². The topological polar surface area (TPSA) is 75.3 Å². The number of ketones is 1. The van der Waals surface area contributed by atoms with Crippen molar-refractivity contribution in [1.82, 2.24) is 10.6 Å². The van der Waals surface area contributed by atoms with E-state index in [0.29, 0.717) is 25.8 Å². The number of carbonyl (C=O) groups is 3. The maximum atomic E-state index is 11.8. The summed E-state index contributed by atoms with van der Waals surface area (Å²) in [6.45, 7) is 6.01. The van der Waals surface area contributed by atoms with Gasteiger partial charge in [-0.15, -0.1) is 0 Å². The zero-order valence-corrected chi connectivity index (χ0v) is 12.3. The van der Waals surface area contributed by atoms with Crippen LogP contribution in [0, 0.1) is 0 Å². The molecule has 5 nitrogen and oxygen atoms in total. The van der Waals surface area contributed by atoms with Crippen LogP contribution in [0.5, 0.6) is 0 Å². The average molecular weight is 270 g/mol. The molecule has 0 aromatic heterocycles. The Hall–Kier alpha value is -1.39. The molecule has 0 aliphatic carbocycles. The summed E-state index contributed by atoms with van der Waals surface area (Å²) >= 11 is 0. The van der Waals surface area contributed by atoms with Crippen molar-refractivity contribution < 1.29 is 14.4 Å². The molecule has 0 aliphatic rings. The van der Waals surface area contributed by atoms with Crippen molar-refractivity contribution in [3.8, 4) is 0 Å². The number of nitrogens with one attached hydrogen (secondary N) is 2. The van der Waals surface area contributed by atoms with Crippen LogP contribution in [0.1, 0.15) is 59.3 Å². The molecule has 0 aromatic rings. The largest absolute Gasteiger partial charge is 0.356 e. The lowest BCUT2D eigenvalue weighted by Crippen LogP contribution is -2.41. The van der Waals surface area contributed by atoms with Gasteiger partial charge in [0.05, 0.1) is 6.04 Å². The van der Waals surface area contributed by atoms with Crippen LogP contribution >= 0.6 is 0 Å². The summed E-state index contributed by atoms with van der Waals surface area (Å²) in [7, 11) is 0. The molecule has 2 amide bonds. The van der Waals surface area contributed by atoms with E-state index < -0.39 is 0 Å². The van der Waals surface area contributed by atoms with Gasteiger partial charge in [-0.1, -0.05) is 27.2 Å². The Labute approximate surface area is 115 Å². The SMILES string of the molecule is CCCC(=O)C(CCC)NC(=O)CCNC(=O)CC. The Kier molecular flexibility index (Phi) is 9.75. The molecule has 0 saturated heterocycles. The third kappa shape index (κ3) is 8.35. The van der Waals surface area contributed by atoms with Gasteiger partial charge in [0.2, 0.25) is 11.8 Å². The summed E-state index contributed by atoms with van der Waals surface area (Å²) in [5.74, 6) is -0.158. The van der Waals surface area contributed by atoms with E-state index in [9.17, 15) is 14.4 Å². The molecular formula is C14H26N2O3. The lowest BCUT2D eigenvalue weighted by Gasteiger charge is -2.16. The molecule has 0 bridgehead atoms. The van der Waals surface area contributed by atoms with Crippen LogP contribution in [0.3, 0.4) is 0 Å². The highest BCUT2D eigenvalue weighted by molar-refractivity contribution is 5.89. The van der Waals surface area contributed by atoms with Crippen molar-refractivity contribution in [3.05, 3.63) is 0 Å². The van der Waals surface area contributed by atoms with Crippen LogP contribution in [0.2, 0.25) is 0 Å². The number of rotatable bonds is 10. The molecule has 5 heteroatoms. The van der Waals surface area contributed by atoms with Gasteiger partial charge in [-0.3, -0.25) is 14.4 Å². The quantitative estimate of drug-likeness (QED) is 0.632. The Bertz CT molecular complexity index is 303. The van der Waals surface area contributed by atoms with E-state index in [0.717, 1.165) is 12.8 Å². The monoisotopic (exact) mass is 270 g/mol. The predicted octanol–water partition coefficient (Wildman–Crippen LogP) is 1.56. The lowest BCUT2D eigenvalue weighted by molar-refractivity contribution is -0.128. The van der Waals surface area contributed by atoms with Crippen LogP contribution < -0.4 is 10.6 Å². The summed E-state index contributed by atoms with van der Waals surface area (Å²) in [4.78, 5) is 34.5. The number of carbonyl (C=O) groups excluding carboxylic acids is 3. The van der Waals surface area contributed by atoms with E-state index in [1.54, 1.807) is 6.92 Å². The van der Waals surface area contributed by atoms with Gasteiger partial charge < -0.3 is 10.6 Å². The van der Waals surface area contributed by atoms with Gasteiger partial charge >= 0.3 is 0 Å². The van der Waals surface area contributed by atoms with Gasteiger partial charge in [0.1, 0.15) is 0 Å². The third-order valence-electron chi connectivity index (χ3n) is 2.79. The second-order valence-corrected chi connectivity index (χ2v) is 4.58. The molecule has 0 spiro atoms. The minimum atomic E-state index is -0.376. The maximum absolute atomic E-state index is 11.8. The zero-order valence-electron chi connectivity index (χ0n) is 12.3. The number of Topliss-reactive ketones (excluding diaryl/α,β-unsaturated/α-hetero) is 1. The molecule has 1 atom stereocenters. The lowest BCUT2D eigenvalue weighted by atomic mass is 10.0. The summed E-state index contributed by atoms with van der Waals surface area (Å²) in [5, 5.41) is 5.39. The second kappa shape index (κ2) is 10.5. The molecule has 0 radical (unpaired) electrons. The van der Waals surface area contributed by atoms with Crippen LogP contribution in [-0.2, 0) is 14.4 Å². The molecule has 0 aliphatic heterocycles. The summed E-state index contributed by atoms with van der Waals surface area (Å²) in [6.07, 6.45) is 3.44. The fourth-order valence-corrected chi connectivity index (χ4v) is 1.73. The summed E-state index contributed by atoms with van der Waals surface area (Å²) < 4.78 is 0. The van der Waals surface area contributed by atoms with Gasteiger partial charge in [-0.05, 0) is 12.8 Å². The molecule has 19 heavy (non-hydrogen) atoms. The second-order valence-electron chi connectivity index (χ2n) is 4.58. The van der Waals surface area contributed by atoms with E-state index in [2.05, 4.69) is 10.6 Å². The standard InChI is InChI=1S/C14H26N2O3/c1-4-7-11(12(17)8-5-2)16-14(19)9-10-15-13(18)6-3/h11H,4-10H2,1-3H3,(H,15,18)(H,16,19). The van der Waals surface area contributed by atoms with Crippen molar-refractivity contribution in [1.29, 1.82) is 0 Å². The van der Waals surface area contributed by atoms with Gasteiger partial charge in [0.15, 0.2) is 5.78 Å². The number of hydrogen-bond acceptors (Lipinski definition) is 3. The average Bonchev–Trinajstić information content (AvgIpc) is 2.38. The van der Waals surface area contributed by atoms with E-state index in [1.807, 2.05) is 13.8 Å². The van der Waals surface area contributed by atoms with Gasteiger partial charge in [0, 0.05) is 25.8 Å². The Balaban J connectivity index is 4.09. The highest BCUT2D eigenvalue weighted by Gasteiger charge is 2.18. The predicted molar refractivity (Wildman–Crippen MR) is 74.7 cm³/mol. The number of hydrogen-bond donors (Lipinski definition) is 2. The normalized spacial score (nSPS) is 11.7.